The van der Waals surface area contributed by atoms with Gasteiger partial charge >= 0.3 is 15.5 Å². The molecule has 25 heavy (non-hydrogen) atoms. The lowest BCUT2D eigenvalue weighted by Crippen LogP contribution is -2.48. The minimum Gasteiger partial charge on any atom is -0.303 e. The Morgan fingerprint density at radius 3 is 2.12 bits per heavy atom. The molecule has 0 aromatic carbocycles. The van der Waals surface area contributed by atoms with Gasteiger partial charge in [0.1, 0.15) is 0 Å². The van der Waals surface area contributed by atoms with Crippen LogP contribution in [0.4, 0.5) is 13.2 Å². The molecule has 2 fully saturated rings. The van der Waals surface area contributed by atoms with Crippen molar-refractivity contribution in [3.8, 4) is 0 Å². The van der Waals surface area contributed by atoms with E-state index < -0.39 is 21.6 Å². The van der Waals surface area contributed by atoms with Crippen LogP contribution in [0.3, 0.4) is 0 Å². The third-order valence-electron chi connectivity index (χ3n) is 4.45. The third-order valence-corrected chi connectivity index (χ3v) is 5.71. The van der Waals surface area contributed by atoms with Crippen molar-refractivity contribution in [2.24, 2.45) is 0 Å². The Bertz CT molecular complexity index is 585. The molecule has 0 spiro atoms. The van der Waals surface area contributed by atoms with Crippen molar-refractivity contribution < 1.29 is 31.2 Å². The molecule has 0 unspecified atom stereocenters. The van der Waals surface area contributed by atoms with E-state index in [1.54, 1.807) is 4.72 Å². The Labute approximate surface area is 144 Å². The van der Waals surface area contributed by atoms with Crippen LogP contribution in [0.25, 0.3) is 0 Å². The summed E-state index contributed by atoms with van der Waals surface area (Å²) < 4.78 is 60.9. The number of nitrogens with zero attached hydrogens (tertiary/aromatic N) is 2. The van der Waals surface area contributed by atoms with Crippen LogP contribution in [0.1, 0.15) is 38.5 Å². The van der Waals surface area contributed by atoms with E-state index in [1.807, 2.05) is 4.90 Å². The fraction of sp³-hybridized carbons (Fsp3) is 0.857. The number of sulfonamides is 1. The maximum absolute atomic E-state index is 12.4. The zero-order valence-electron chi connectivity index (χ0n) is 13.7. The molecule has 0 aromatic rings. The number of hydrogen-bond acceptors (Lipinski definition) is 5. The van der Waals surface area contributed by atoms with Crippen LogP contribution < -0.4 is 4.72 Å². The zero-order chi connectivity index (χ0) is 18.7. The Morgan fingerprint density at radius 2 is 1.60 bits per heavy atom. The molecule has 2 aliphatic heterocycles. The molecule has 0 bridgehead atoms. The van der Waals surface area contributed by atoms with Gasteiger partial charge < -0.3 is 4.90 Å². The van der Waals surface area contributed by atoms with Crippen LogP contribution >= 0.6 is 0 Å². The van der Waals surface area contributed by atoms with Gasteiger partial charge in [0.25, 0.3) is 0 Å². The first-order valence-electron chi connectivity index (χ1n) is 8.24. The van der Waals surface area contributed by atoms with Crippen molar-refractivity contribution in [2.75, 3.05) is 26.2 Å². The largest absolute Gasteiger partial charge is 0.511 e. The van der Waals surface area contributed by atoms with Crippen molar-refractivity contribution in [2.45, 2.75) is 50.1 Å². The quantitative estimate of drug-likeness (QED) is 0.684. The Kier molecular flexibility index (Phi) is 6.44. The molecular weight excluding hydrogens is 363 g/mol. The summed E-state index contributed by atoms with van der Waals surface area (Å²) in [6.07, 6.45) is 2.53. The van der Waals surface area contributed by atoms with Gasteiger partial charge in [-0.05, 0) is 45.3 Å². The molecule has 144 valence electrons. The molecule has 0 aliphatic carbocycles. The first-order chi connectivity index (χ1) is 11.6. The molecule has 7 nitrogen and oxygen atoms in total. The van der Waals surface area contributed by atoms with Crippen LogP contribution in [-0.2, 0) is 19.6 Å². The van der Waals surface area contributed by atoms with Gasteiger partial charge in [0.2, 0.25) is 11.8 Å². The highest BCUT2D eigenvalue weighted by molar-refractivity contribution is 7.90. The fourth-order valence-electron chi connectivity index (χ4n) is 3.06. The number of alkyl halides is 3. The summed E-state index contributed by atoms with van der Waals surface area (Å²) in [5.74, 6) is -0.312. The molecule has 0 aromatic heterocycles. The van der Waals surface area contributed by atoms with E-state index in [9.17, 15) is 31.2 Å². The lowest BCUT2D eigenvalue weighted by atomic mass is 10.1. The highest BCUT2D eigenvalue weighted by Gasteiger charge is 2.46. The SMILES string of the molecule is O=C1CCCC(=O)N1CCCN1CCC(NS(=O)(=O)C(F)(F)F)CC1. The molecule has 2 heterocycles. The van der Waals surface area contributed by atoms with Crippen molar-refractivity contribution in [3.63, 3.8) is 0 Å². The number of rotatable bonds is 6. The summed E-state index contributed by atoms with van der Waals surface area (Å²) in [5.41, 5.74) is -5.29. The molecule has 2 aliphatic rings. The first-order valence-corrected chi connectivity index (χ1v) is 9.72. The van der Waals surface area contributed by atoms with Crippen LogP contribution in [-0.4, -0.2) is 67.8 Å². The number of nitrogens with one attached hydrogen (secondary N) is 1. The van der Waals surface area contributed by atoms with Crippen LogP contribution in [0.5, 0.6) is 0 Å². The Morgan fingerprint density at radius 1 is 1.04 bits per heavy atom. The number of likely N-dealkylation sites (tertiary alicyclic amines) is 2. The lowest BCUT2D eigenvalue weighted by Gasteiger charge is -2.33. The van der Waals surface area contributed by atoms with Gasteiger partial charge in [0.05, 0.1) is 0 Å². The third kappa shape index (κ3) is 5.38. The summed E-state index contributed by atoms with van der Waals surface area (Å²) in [7, 11) is -5.31. The normalized spacial score (nSPS) is 21.8. The highest BCUT2D eigenvalue weighted by Crippen LogP contribution is 2.23. The molecule has 2 rings (SSSR count). The van der Waals surface area contributed by atoms with Crippen molar-refractivity contribution in [3.05, 3.63) is 0 Å². The van der Waals surface area contributed by atoms with Crippen LogP contribution in [0.15, 0.2) is 0 Å². The second-order valence-corrected chi connectivity index (χ2v) is 8.03. The molecule has 2 amide bonds. The second-order valence-electron chi connectivity index (χ2n) is 6.33. The van der Waals surface area contributed by atoms with Crippen LogP contribution in [0.2, 0.25) is 0 Å². The van der Waals surface area contributed by atoms with Gasteiger partial charge in [0.15, 0.2) is 0 Å². The monoisotopic (exact) mass is 385 g/mol. The average molecular weight is 385 g/mol. The fourth-order valence-corrected chi connectivity index (χ4v) is 3.87. The Hall–Kier alpha value is -1.20. The summed E-state index contributed by atoms with van der Waals surface area (Å²) in [4.78, 5) is 26.6. The minimum atomic E-state index is -5.31. The number of halogens is 3. The van der Waals surface area contributed by atoms with Crippen molar-refractivity contribution >= 4 is 21.8 Å². The first kappa shape index (κ1) is 20.1. The van der Waals surface area contributed by atoms with Gasteiger partial charge in [-0.15, -0.1) is 0 Å². The predicted molar refractivity (Wildman–Crippen MR) is 82.8 cm³/mol. The molecular formula is C14H22F3N3O4S. The van der Waals surface area contributed by atoms with Crippen molar-refractivity contribution in [1.29, 1.82) is 0 Å². The van der Waals surface area contributed by atoms with Gasteiger partial charge in [-0.1, -0.05) is 0 Å². The standard InChI is InChI=1S/C14H22F3N3O4S/c15-14(16,17)25(23,24)18-11-5-9-19(10-6-11)7-2-8-20-12(21)3-1-4-13(20)22/h11,18H,1-10H2. The van der Waals surface area contributed by atoms with E-state index in [0.717, 1.165) is 0 Å². The summed E-state index contributed by atoms with van der Waals surface area (Å²) in [6, 6.07) is -0.729. The van der Waals surface area contributed by atoms with E-state index in [0.29, 0.717) is 51.9 Å². The number of piperidine rings is 2. The summed E-state index contributed by atoms with van der Waals surface area (Å²) in [5, 5.41) is 0. The molecule has 11 heteroatoms. The number of imide groups is 1. The molecule has 0 saturated carbocycles. The van der Waals surface area contributed by atoms with E-state index in [4.69, 9.17) is 0 Å². The molecule has 2 saturated heterocycles. The van der Waals surface area contributed by atoms with E-state index in [2.05, 4.69) is 0 Å². The van der Waals surface area contributed by atoms with Gasteiger partial charge in [-0.2, -0.15) is 13.2 Å². The van der Waals surface area contributed by atoms with Gasteiger partial charge in [-0.3, -0.25) is 14.5 Å². The van der Waals surface area contributed by atoms with Crippen molar-refractivity contribution in [1.82, 2.24) is 14.5 Å². The number of carbonyl (C=O) groups excluding carboxylic acids is 2. The predicted octanol–water partition coefficient (Wildman–Crippen LogP) is 0.819. The highest BCUT2D eigenvalue weighted by atomic mass is 32.2. The lowest BCUT2D eigenvalue weighted by molar-refractivity contribution is -0.148. The van der Waals surface area contributed by atoms with E-state index >= 15 is 0 Å². The average Bonchev–Trinajstić information content (AvgIpc) is 2.50. The second kappa shape index (κ2) is 8.00. The summed E-state index contributed by atoms with van der Waals surface area (Å²) >= 11 is 0. The molecule has 0 radical (unpaired) electrons. The van der Waals surface area contributed by atoms with Gasteiger partial charge in [-0.25, -0.2) is 13.1 Å². The zero-order valence-corrected chi connectivity index (χ0v) is 14.5. The maximum Gasteiger partial charge on any atom is 0.511 e. The topological polar surface area (TPSA) is 86.8 Å². The minimum absolute atomic E-state index is 0.156. The number of amides is 2. The smallest absolute Gasteiger partial charge is 0.303 e. The van der Waals surface area contributed by atoms with E-state index in [-0.39, 0.29) is 24.7 Å². The molecule has 1 N–H and O–H groups in total. The number of hydrogen-bond donors (Lipinski definition) is 1. The Balaban J connectivity index is 1.70. The molecule has 0 atom stereocenters. The van der Waals surface area contributed by atoms with Gasteiger partial charge in [0, 0.05) is 25.4 Å². The maximum atomic E-state index is 12.4. The summed E-state index contributed by atoms with van der Waals surface area (Å²) in [6.45, 7) is 1.88. The van der Waals surface area contributed by atoms with E-state index in [1.165, 1.54) is 4.90 Å². The van der Waals surface area contributed by atoms with Crippen LogP contribution in [0, 0.1) is 0 Å². The number of carbonyl (C=O) groups is 2.